The average Bonchev–Trinajstić information content (AvgIpc) is 3.13. The van der Waals surface area contributed by atoms with Gasteiger partial charge in [0.2, 0.25) is 0 Å². The molecule has 0 unspecified atom stereocenters. The van der Waals surface area contributed by atoms with Crippen LogP contribution in [0.2, 0.25) is 0 Å². The molecule has 1 saturated heterocycles. The fourth-order valence-corrected chi connectivity index (χ4v) is 4.14. The fourth-order valence-electron chi connectivity index (χ4n) is 4.14. The average molecular weight is 396 g/mol. The molecule has 29 heavy (non-hydrogen) atoms. The minimum atomic E-state index is -0.114. The molecule has 2 aliphatic rings. The number of amides is 2. The zero-order chi connectivity index (χ0) is 20.4. The zero-order valence-corrected chi connectivity index (χ0v) is 17.3. The van der Waals surface area contributed by atoms with Crippen LogP contribution >= 0.6 is 0 Å². The van der Waals surface area contributed by atoms with Crippen LogP contribution in [0.3, 0.4) is 0 Å². The molecule has 0 saturated carbocycles. The van der Waals surface area contributed by atoms with Crippen molar-refractivity contribution in [3.8, 4) is 0 Å². The molecule has 4 rings (SSSR count). The van der Waals surface area contributed by atoms with Crippen molar-refractivity contribution in [1.82, 2.24) is 24.3 Å². The number of piperazine rings is 1. The maximum absolute atomic E-state index is 13.2. The van der Waals surface area contributed by atoms with Gasteiger partial charge in [-0.1, -0.05) is 30.3 Å². The normalized spacial score (nSPS) is 17.1. The first kappa shape index (κ1) is 19.6. The molecule has 3 heterocycles. The van der Waals surface area contributed by atoms with E-state index in [1.54, 1.807) is 11.9 Å². The first-order chi connectivity index (χ1) is 14.0. The number of aromatic nitrogens is 2. The van der Waals surface area contributed by atoms with Crippen LogP contribution in [-0.4, -0.2) is 76.3 Å². The van der Waals surface area contributed by atoms with Gasteiger partial charge in [0.05, 0.1) is 5.69 Å². The number of hydrogen-bond donors (Lipinski definition) is 0. The van der Waals surface area contributed by atoms with Crippen LogP contribution in [0, 0.1) is 0 Å². The van der Waals surface area contributed by atoms with Gasteiger partial charge in [0, 0.05) is 46.3 Å². The van der Waals surface area contributed by atoms with Crippen LogP contribution in [0.25, 0.3) is 0 Å². The highest BCUT2D eigenvalue weighted by Crippen LogP contribution is 2.23. The molecule has 2 amide bonds. The van der Waals surface area contributed by atoms with Gasteiger partial charge < -0.3 is 19.3 Å². The van der Waals surface area contributed by atoms with Crippen LogP contribution in [-0.2, 0) is 19.5 Å². The van der Waals surface area contributed by atoms with Crippen LogP contribution in [0.15, 0.2) is 30.3 Å². The Morgan fingerprint density at radius 3 is 2.48 bits per heavy atom. The van der Waals surface area contributed by atoms with E-state index in [2.05, 4.69) is 16.9 Å². The molecule has 154 valence electrons. The molecule has 2 aromatic rings. The SMILES string of the molecule is CN1CCN(C(=O)c2nc(C(=O)N(C)Cc3ccccc3)c3n2CCCC3)CC1. The molecule has 0 spiro atoms. The van der Waals surface area contributed by atoms with Crippen molar-refractivity contribution >= 4 is 11.8 Å². The zero-order valence-electron chi connectivity index (χ0n) is 17.3. The minimum Gasteiger partial charge on any atom is -0.336 e. The maximum atomic E-state index is 13.2. The Hall–Kier alpha value is -2.67. The molecule has 0 radical (unpaired) electrons. The Bertz CT molecular complexity index is 884. The highest BCUT2D eigenvalue weighted by Gasteiger charge is 2.31. The molecule has 7 nitrogen and oxygen atoms in total. The van der Waals surface area contributed by atoms with Crippen molar-refractivity contribution in [2.24, 2.45) is 0 Å². The first-order valence-electron chi connectivity index (χ1n) is 10.4. The lowest BCUT2D eigenvalue weighted by Gasteiger charge is -2.32. The predicted octanol–water partition coefficient (Wildman–Crippen LogP) is 1.88. The van der Waals surface area contributed by atoms with E-state index in [-0.39, 0.29) is 11.8 Å². The number of fused-ring (bicyclic) bond motifs is 1. The topological polar surface area (TPSA) is 61.7 Å². The van der Waals surface area contributed by atoms with Gasteiger partial charge in [-0.2, -0.15) is 0 Å². The van der Waals surface area contributed by atoms with E-state index in [1.165, 1.54) is 0 Å². The number of likely N-dealkylation sites (N-methyl/N-ethyl adjacent to an activating group) is 1. The van der Waals surface area contributed by atoms with Crippen molar-refractivity contribution in [1.29, 1.82) is 0 Å². The van der Waals surface area contributed by atoms with Gasteiger partial charge >= 0.3 is 0 Å². The number of carbonyl (C=O) groups is 2. The largest absolute Gasteiger partial charge is 0.336 e. The summed E-state index contributed by atoms with van der Waals surface area (Å²) in [6, 6.07) is 9.93. The summed E-state index contributed by atoms with van der Waals surface area (Å²) in [5, 5.41) is 0. The lowest BCUT2D eigenvalue weighted by Crippen LogP contribution is -2.47. The summed E-state index contributed by atoms with van der Waals surface area (Å²) in [6.07, 6.45) is 2.83. The minimum absolute atomic E-state index is 0.0500. The van der Waals surface area contributed by atoms with Crippen LogP contribution in [0.4, 0.5) is 0 Å². The van der Waals surface area contributed by atoms with Crippen LogP contribution in [0.1, 0.15) is 45.2 Å². The van der Waals surface area contributed by atoms with Crippen molar-refractivity contribution < 1.29 is 9.59 Å². The van der Waals surface area contributed by atoms with Crippen molar-refractivity contribution in [2.45, 2.75) is 32.4 Å². The smallest absolute Gasteiger partial charge is 0.289 e. The molecule has 1 aromatic carbocycles. The highest BCUT2D eigenvalue weighted by molar-refractivity contribution is 5.97. The molecule has 1 aromatic heterocycles. The predicted molar refractivity (Wildman–Crippen MR) is 111 cm³/mol. The molecule has 0 atom stereocenters. The van der Waals surface area contributed by atoms with Crippen molar-refractivity contribution in [2.75, 3.05) is 40.3 Å². The highest BCUT2D eigenvalue weighted by atomic mass is 16.2. The summed E-state index contributed by atoms with van der Waals surface area (Å²) in [6.45, 7) is 4.42. The summed E-state index contributed by atoms with van der Waals surface area (Å²) in [5.74, 6) is 0.267. The lowest BCUT2D eigenvalue weighted by atomic mass is 10.1. The van der Waals surface area contributed by atoms with Gasteiger partial charge in [0.25, 0.3) is 11.8 Å². The van der Waals surface area contributed by atoms with E-state index in [4.69, 9.17) is 0 Å². The number of rotatable bonds is 4. The third kappa shape index (κ3) is 4.05. The molecule has 2 aliphatic heterocycles. The summed E-state index contributed by atoms with van der Waals surface area (Å²) >= 11 is 0. The second kappa shape index (κ2) is 8.37. The van der Waals surface area contributed by atoms with Crippen molar-refractivity contribution in [3.63, 3.8) is 0 Å². The van der Waals surface area contributed by atoms with E-state index >= 15 is 0 Å². The molecule has 1 fully saturated rings. The molecular weight excluding hydrogens is 366 g/mol. The molecular formula is C22H29N5O2. The standard InChI is InChI=1S/C22H29N5O2/c1-24-12-14-26(15-13-24)22(29)20-23-19(18-10-6-7-11-27(18)20)21(28)25(2)16-17-8-4-3-5-9-17/h3-5,8-9H,6-7,10-16H2,1-2H3. The van der Waals surface area contributed by atoms with Gasteiger partial charge in [-0.3, -0.25) is 9.59 Å². The monoisotopic (exact) mass is 395 g/mol. The van der Waals surface area contributed by atoms with E-state index in [0.29, 0.717) is 31.2 Å². The van der Waals surface area contributed by atoms with Gasteiger partial charge in [0.15, 0.2) is 5.82 Å². The summed E-state index contributed by atoms with van der Waals surface area (Å²) in [7, 11) is 3.87. The molecule has 0 bridgehead atoms. The first-order valence-corrected chi connectivity index (χ1v) is 10.4. The molecule has 0 aliphatic carbocycles. The molecule has 7 heteroatoms. The number of carbonyl (C=O) groups excluding carboxylic acids is 2. The van der Waals surface area contributed by atoms with E-state index < -0.39 is 0 Å². The Labute approximate surface area is 171 Å². The number of hydrogen-bond acceptors (Lipinski definition) is 4. The Kier molecular flexibility index (Phi) is 5.67. The number of nitrogens with zero attached hydrogens (tertiary/aromatic N) is 5. The summed E-state index contributed by atoms with van der Waals surface area (Å²) in [5.41, 5.74) is 2.43. The van der Waals surface area contributed by atoms with E-state index in [0.717, 1.165) is 50.2 Å². The Morgan fingerprint density at radius 2 is 1.76 bits per heavy atom. The third-order valence-electron chi connectivity index (χ3n) is 5.91. The second-order valence-corrected chi connectivity index (χ2v) is 8.08. The van der Waals surface area contributed by atoms with Gasteiger partial charge in [-0.25, -0.2) is 4.98 Å². The number of benzene rings is 1. The quantitative estimate of drug-likeness (QED) is 0.793. The van der Waals surface area contributed by atoms with E-state index in [9.17, 15) is 9.59 Å². The number of imidazole rings is 1. The Morgan fingerprint density at radius 1 is 1.03 bits per heavy atom. The lowest BCUT2D eigenvalue weighted by molar-refractivity contribution is 0.0645. The summed E-state index contributed by atoms with van der Waals surface area (Å²) < 4.78 is 1.99. The Balaban J connectivity index is 1.59. The van der Waals surface area contributed by atoms with Gasteiger partial charge in [0.1, 0.15) is 5.69 Å². The van der Waals surface area contributed by atoms with Crippen molar-refractivity contribution in [3.05, 3.63) is 53.1 Å². The second-order valence-electron chi connectivity index (χ2n) is 8.08. The molecule has 0 N–H and O–H groups in total. The van der Waals surface area contributed by atoms with Crippen LogP contribution in [0.5, 0.6) is 0 Å². The van der Waals surface area contributed by atoms with E-state index in [1.807, 2.05) is 39.8 Å². The fraction of sp³-hybridized carbons (Fsp3) is 0.500. The van der Waals surface area contributed by atoms with Gasteiger partial charge in [-0.05, 0) is 31.9 Å². The maximum Gasteiger partial charge on any atom is 0.289 e. The van der Waals surface area contributed by atoms with Crippen LogP contribution < -0.4 is 0 Å². The summed E-state index contributed by atoms with van der Waals surface area (Å²) in [4.78, 5) is 36.8. The third-order valence-corrected chi connectivity index (χ3v) is 5.91. The van der Waals surface area contributed by atoms with Gasteiger partial charge in [-0.15, -0.1) is 0 Å².